The Labute approximate surface area is 111 Å². The molecule has 0 aliphatic heterocycles. The number of aromatic nitrogens is 1. The van der Waals surface area contributed by atoms with Crippen LogP contribution in [0.1, 0.15) is 44.1 Å². The summed E-state index contributed by atoms with van der Waals surface area (Å²) in [6.07, 6.45) is 4.29. The molecule has 1 aromatic heterocycles. The van der Waals surface area contributed by atoms with Gasteiger partial charge in [-0.25, -0.2) is 0 Å². The number of nitrogens with zero attached hydrogens (tertiary/aromatic N) is 2. The molecular weight excluding hydrogens is 224 g/mol. The third-order valence-corrected chi connectivity index (χ3v) is 3.71. The Hall–Kier alpha value is -1.09. The molecule has 1 heterocycles. The van der Waals surface area contributed by atoms with Crippen molar-refractivity contribution < 1.29 is 4.79 Å². The molecular formula is C15H26N2O. The summed E-state index contributed by atoms with van der Waals surface area (Å²) < 4.78 is 1.90. The van der Waals surface area contributed by atoms with E-state index in [1.807, 2.05) is 29.9 Å². The average Bonchev–Trinajstić information content (AvgIpc) is 2.80. The van der Waals surface area contributed by atoms with Crippen LogP contribution in [-0.2, 0) is 7.05 Å². The van der Waals surface area contributed by atoms with Crippen LogP contribution in [0.25, 0.3) is 0 Å². The molecule has 0 fully saturated rings. The van der Waals surface area contributed by atoms with E-state index in [1.165, 1.54) is 12.8 Å². The summed E-state index contributed by atoms with van der Waals surface area (Å²) in [6.45, 7) is 9.07. The molecule has 0 aromatic carbocycles. The predicted octanol–water partition coefficient (Wildman–Crippen LogP) is 2.97. The molecule has 3 heteroatoms. The fourth-order valence-corrected chi connectivity index (χ4v) is 2.25. The summed E-state index contributed by atoms with van der Waals surface area (Å²) >= 11 is 0. The number of Topliss-reactive ketones (excluding diaryl/α,β-unsaturated/α-hetero) is 1. The minimum atomic E-state index is 0.218. The number of likely N-dealkylation sites (N-methyl/N-ethyl adjacent to an activating group) is 1. The Balaban J connectivity index is 2.58. The van der Waals surface area contributed by atoms with E-state index < -0.39 is 0 Å². The lowest BCUT2D eigenvalue weighted by Gasteiger charge is -2.24. The molecule has 0 saturated heterocycles. The Morgan fingerprint density at radius 2 is 2.00 bits per heavy atom. The number of rotatable bonds is 8. The molecule has 1 aromatic rings. The third kappa shape index (κ3) is 3.98. The first-order chi connectivity index (χ1) is 8.62. The number of carbonyl (C=O) groups excluding carboxylic acids is 1. The Morgan fingerprint density at radius 1 is 1.33 bits per heavy atom. The predicted molar refractivity (Wildman–Crippen MR) is 75.9 cm³/mol. The minimum absolute atomic E-state index is 0.218. The van der Waals surface area contributed by atoms with E-state index in [1.54, 1.807) is 0 Å². The highest BCUT2D eigenvalue weighted by Gasteiger charge is 2.15. The number of aryl methyl sites for hydroxylation is 1. The van der Waals surface area contributed by atoms with Crippen LogP contribution in [0.4, 0.5) is 0 Å². The maximum absolute atomic E-state index is 12.2. The highest BCUT2D eigenvalue weighted by Crippen LogP contribution is 2.11. The van der Waals surface area contributed by atoms with Crippen molar-refractivity contribution in [1.82, 2.24) is 9.47 Å². The summed E-state index contributed by atoms with van der Waals surface area (Å²) in [5, 5.41) is 0. The molecule has 0 bridgehead atoms. The van der Waals surface area contributed by atoms with Crippen LogP contribution in [-0.4, -0.2) is 34.9 Å². The van der Waals surface area contributed by atoms with Gasteiger partial charge in [0.15, 0.2) is 5.78 Å². The van der Waals surface area contributed by atoms with Gasteiger partial charge in [0, 0.05) is 19.8 Å². The molecule has 0 saturated carbocycles. The first kappa shape index (κ1) is 15.0. The number of carbonyl (C=O) groups is 1. The molecule has 18 heavy (non-hydrogen) atoms. The standard InChI is InChI=1S/C15H26N2O/c1-5-13(6-2)11-17(7-3)12-15(18)14-9-8-10-16(14)4/h8-10,13H,5-7,11-12H2,1-4H3. The van der Waals surface area contributed by atoms with Crippen molar-refractivity contribution in [2.75, 3.05) is 19.6 Å². The van der Waals surface area contributed by atoms with Crippen LogP contribution >= 0.6 is 0 Å². The van der Waals surface area contributed by atoms with Crippen LogP contribution in [0.5, 0.6) is 0 Å². The van der Waals surface area contributed by atoms with Gasteiger partial charge in [-0.1, -0.05) is 33.6 Å². The molecule has 0 aliphatic carbocycles. The van der Waals surface area contributed by atoms with Crippen molar-refractivity contribution in [2.45, 2.75) is 33.6 Å². The molecule has 0 amide bonds. The van der Waals surface area contributed by atoms with Gasteiger partial charge in [-0.05, 0) is 24.6 Å². The maximum Gasteiger partial charge on any atom is 0.193 e. The van der Waals surface area contributed by atoms with Crippen LogP contribution in [0, 0.1) is 5.92 Å². The second-order valence-corrected chi connectivity index (χ2v) is 4.94. The Bertz CT molecular complexity index is 366. The van der Waals surface area contributed by atoms with E-state index in [4.69, 9.17) is 0 Å². The summed E-state index contributed by atoms with van der Waals surface area (Å²) in [4.78, 5) is 14.4. The summed E-state index contributed by atoms with van der Waals surface area (Å²) in [5.74, 6) is 0.918. The first-order valence-corrected chi connectivity index (χ1v) is 6.99. The number of ketones is 1. The van der Waals surface area contributed by atoms with Gasteiger partial charge in [-0.15, -0.1) is 0 Å². The summed E-state index contributed by atoms with van der Waals surface area (Å²) in [5.41, 5.74) is 0.804. The van der Waals surface area contributed by atoms with E-state index in [2.05, 4.69) is 25.7 Å². The van der Waals surface area contributed by atoms with E-state index >= 15 is 0 Å². The van der Waals surface area contributed by atoms with Crippen LogP contribution in [0.3, 0.4) is 0 Å². The van der Waals surface area contributed by atoms with Crippen molar-refractivity contribution in [2.24, 2.45) is 13.0 Å². The molecule has 0 atom stereocenters. The van der Waals surface area contributed by atoms with Crippen molar-refractivity contribution in [1.29, 1.82) is 0 Å². The second kappa shape index (κ2) is 7.37. The van der Waals surface area contributed by atoms with Gasteiger partial charge in [0.25, 0.3) is 0 Å². The van der Waals surface area contributed by atoms with Crippen LogP contribution in [0.2, 0.25) is 0 Å². The summed E-state index contributed by atoms with van der Waals surface area (Å²) in [7, 11) is 1.92. The lowest BCUT2D eigenvalue weighted by Crippen LogP contribution is -2.34. The average molecular weight is 250 g/mol. The summed E-state index contributed by atoms with van der Waals surface area (Å²) in [6, 6.07) is 3.82. The molecule has 102 valence electrons. The lowest BCUT2D eigenvalue weighted by molar-refractivity contribution is 0.0912. The second-order valence-electron chi connectivity index (χ2n) is 4.94. The van der Waals surface area contributed by atoms with Crippen LogP contribution < -0.4 is 0 Å². The number of hydrogen-bond donors (Lipinski definition) is 0. The van der Waals surface area contributed by atoms with Crippen molar-refractivity contribution >= 4 is 5.78 Å². The zero-order valence-electron chi connectivity index (χ0n) is 12.1. The fraction of sp³-hybridized carbons (Fsp3) is 0.667. The monoisotopic (exact) mass is 250 g/mol. The molecule has 0 spiro atoms. The number of hydrogen-bond acceptors (Lipinski definition) is 2. The minimum Gasteiger partial charge on any atom is -0.348 e. The highest BCUT2D eigenvalue weighted by atomic mass is 16.1. The van der Waals surface area contributed by atoms with Crippen molar-refractivity contribution in [3.8, 4) is 0 Å². The topological polar surface area (TPSA) is 25.2 Å². The zero-order valence-corrected chi connectivity index (χ0v) is 12.1. The van der Waals surface area contributed by atoms with E-state index in [-0.39, 0.29) is 5.78 Å². The van der Waals surface area contributed by atoms with Gasteiger partial charge in [-0.2, -0.15) is 0 Å². The van der Waals surface area contributed by atoms with Gasteiger partial charge in [0.1, 0.15) is 0 Å². The van der Waals surface area contributed by atoms with E-state index in [9.17, 15) is 4.79 Å². The van der Waals surface area contributed by atoms with Gasteiger partial charge in [0.05, 0.1) is 12.2 Å². The molecule has 3 nitrogen and oxygen atoms in total. The smallest absolute Gasteiger partial charge is 0.193 e. The Kier molecular flexibility index (Phi) is 6.13. The van der Waals surface area contributed by atoms with Crippen molar-refractivity contribution in [3.05, 3.63) is 24.0 Å². The van der Waals surface area contributed by atoms with Crippen molar-refractivity contribution in [3.63, 3.8) is 0 Å². The van der Waals surface area contributed by atoms with Gasteiger partial charge in [0.2, 0.25) is 0 Å². The first-order valence-electron chi connectivity index (χ1n) is 6.99. The fourth-order valence-electron chi connectivity index (χ4n) is 2.25. The maximum atomic E-state index is 12.2. The van der Waals surface area contributed by atoms with Gasteiger partial charge < -0.3 is 4.57 Å². The van der Waals surface area contributed by atoms with Gasteiger partial charge >= 0.3 is 0 Å². The molecule has 1 rings (SSSR count). The molecule has 0 N–H and O–H groups in total. The third-order valence-electron chi connectivity index (χ3n) is 3.71. The largest absolute Gasteiger partial charge is 0.348 e. The zero-order chi connectivity index (χ0) is 13.5. The van der Waals surface area contributed by atoms with Gasteiger partial charge in [-0.3, -0.25) is 9.69 Å². The molecule has 0 radical (unpaired) electrons. The Morgan fingerprint density at radius 3 is 2.44 bits per heavy atom. The molecule has 0 unspecified atom stereocenters. The normalized spacial score (nSPS) is 11.4. The van der Waals surface area contributed by atoms with Crippen LogP contribution in [0.15, 0.2) is 18.3 Å². The highest BCUT2D eigenvalue weighted by molar-refractivity contribution is 5.96. The quantitative estimate of drug-likeness (QED) is 0.663. The lowest BCUT2D eigenvalue weighted by atomic mass is 10.0. The SMILES string of the molecule is CCC(CC)CN(CC)CC(=O)c1cccn1C. The van der Waals surface area contributed by atoms with E-state index in [0.29, 0.717) is 12.5 Å². The van der Waals surface area contributed by atoms with E-state index in [0.717, 1.165) is 18.8 Å². The molecule has 0 aliphatic rings.